The van der Waals surface area contributed by atoms with Crippen LogP contribution in [-0.2, 0) is 0 Å². The van der Waals surface area contributed by atoms with Crippen LogP contribution >= 0.6 is 0 Å². The molecule has 3 aromatic rings. The lowest BCUT2D eigenvalue weighted by Crippen LogP contribution is -2.46. The highest BCUT2D eigenvalue weighted by molar-refractivity contribution is 5.97. The Morgan fingerprint density at radius 3 is 2.75 bits per heavy atom. The number of ether oxygens (including phenoxy) is 1. The molecule has 0 radical (unpaired) electrons. The Morgan fingerprint density at radius 2 is 2.06 bits per heavy atom. The monoisotopic (exact) mass is 484 g/mol. The summed E-state index contributed by atoms with van der Waals surface area (Å²) in [6.07, 6.45) is 5.76. The molecule has 8 heteroatoms. The van der Waals surface area contributed by atoms with E-state index in [2.05, 4.69) is 70.4 Å². The van der Waals surface area contributed by atoms with Crippen molar-refractivity contribution < 1.29 is 9.53 Å². The summed E-state index contributed by atoms with van der Waals surface area (Å²) >= 11 is 0. The van der Waals surface area contributed by atoms with Crippen molar-refractivity contribution in [2.45, 2.75) is 37.3 Å². The quantitative estimate of drug-likeness (QED) is 0.464. The van der Waals surface area contributed by atoms with Crippen molar-refractivity contribution in [2.75, 3.05) is 33.1 Å². The minimum Gasteiger partial charge on any atom is -0.495 e. The first-order chi connectivity index (χ1) is 17.4. The van der Waals surface area contributed by atoms with Crippen molar-refractivity contribution in [1.29, 1.82) is 5.26 Å². The third-order valence-corrected chi connectivity index (χ3v) is 6.98. The summed E-state index contributed by atoms with van der Waals surface area (Å²) in [5.41, 5.74) is 2.79. The summed E-state index contributed by atoms with van der Waals surface area (Å²) < 4.78 is 5.63. The first-order valence-electron chi connectivity index (χ1n) is 12.1. The predicted octanol–water partition coefficient (Wildman–Crippen LogP) is 4.13. The van der Waals surface area contributed by atoms with E-state index in [-0.39, 0.29) is 17.9 Å². The number of carbonyl (C=O) groups excluding carboxylic acids is 1. The lowest BCUT2D eigenvalue weighted by atomic mass is 9.76. The average molecular weight is 485 g/mol. The number of benzene rings is 2. The van der Waals surface area contributed by atoms with Crippen LogP contribution in [0.3, 0.4) is 0 Å². The zero-order valence-corrected chi connectivity index (χ0v) is 21.0. The van der Waals surface area contributed by atoms with E-state index >= 15 is 0 Å². The number of anilines is 1. The molecule has 2 N–H and O–H groups in total. The Bertz CT molecular complexity index is 1280. The molecule has 0 spiro atoms. The lowest BCUT2D eigenvalue weighted by molar-refractivity contribution is 0.0898. The molecule has 4 rings (SSSR count). The van der Waals surface area contributed by atoms with Crippen LogP contribution in [0.15, 0.2) is 61.1 Å². The van der Waals surface area contributed by atoms with Crippen LogP contribution in [0.2, 0.25) is 0 Å². The molecule has 0 aliphatic heterocycles. The highest BCUT2D eigenvalue weighted by Gasteiger charge is 2.34. The van der Waals surface area contributed by atoms with Crippen molar-refractivity contribution in [3.05, 3.63) is 72.3 Å². The molecule has 1 heterocycles. The number of nitrogens with one attached hydrogen (secondary N) is 2. The van der Waals surface area contributed by atoms with Crippen molar-refractivity contribution in [3.8, 4) is 11.8 Å². The zero-order valence-electron chi connectivity index (χ0n) is 21.0. The topological polar surface area (TPSA) is 103 Å². The van der Waals surface area contributed by atoms with Crippen molar-refractivity contribution >= 4 is 22.4 Å². The average Bonchev–Trinajstić information content (AvgIpc) is 2.91. The van der Waals surface area contributed by atoms with Crippen LogP contribution in [0.4, 0.5) is 5.69 Å². The highest BCUT2D eigenvalue weighted by Crippen LogP contribution is 2.39. The molecule has 36 heavy (non-hydrogen) atoms. The largest absolute Gasteiger partial charge is 0.495 e. The summed E-state index contributed by atoms with van der Waals surface area (Å²) in [6.45, 7) is 4.12. The summed E-state index contributed by atoms with van der Waals surface area (Å²) in [7, 11) is 5.85. The van der Waals surface area contributed by atoms with E-state index in [1.807, 2.05) is 12.1 Å². The molecule has 2 aromatic carbocycles. The Kier molecular flexibility index (Phi) is 7.81. The van der Waals surface area contributed by atoms with Gasteiger partial charge in [0.25, 0.3) is 5.91 Å². The zero-order chi connectivity index (χ0) is 25.7. The smallest absolute Gasteiger partial charge is 0.270 e. The van der Waals surface area contributed by atoms with E-state index in [9.17, 15) is 4.79 Å². The van der Waals surface area contributed by atoms with Crippen molar-refractivity contribution in [2.24, 2.45) is 0 Å². The molecule has 1 aliphatic carbocycles. The molecule has 1 fully saturated rings. The second-order valence-electron chi connectivity index (χ2n) is 9.40. The summed E-state index contributed by atoms with van der Waals surface area (Å²) in [5.74, 6) is 0.638. The first-order valence-corrected chi connectivity index (χ1v) is 12.1. The number of hydrogen-bond donors (Lipinski definition) is 2. The number of methoxy groups -OCH3 is 1. The fourth-order valence-electron chi connectivity index (χ4n) is 4.96. The first kappa shape index (κ1) is 25.1. The molecule has 186 valence electrons. The highest BCUT2D eigenvalue weighted by atomic mass is 16.5. The normalized spacial score (nSPS) is 19.5. The predicted molar refractivity (Wildman–Crippen MR) is 141 cm³/mol. The number of nitriles is 1. The molecule has 0 saturated heterocycles. The molecule has 0 bridgehead atoms. The molecular weight excluding hydrogens is 452 g/mol. The van der Waals surface area contributed by atoms with E-state index in [1.165, 1.54) is 6.33 Å². The molecule has 1 saturated carbocycles. The molecule has 3 atom stereocenters. The van der Waals surface area contributed by atoms with Gasteiger partial charge in [0.05, 0.1) is 18.9 Å². The number of amides is 1. The molecule has 8 nitrogen and oxygen atoms in total. The van der Waals surface area contributed by atoms with Crippen LogP contribution in [-0.4, -0.2) is 60.6 Å². The minimum atomic E-state index is -0.185. The number of rotatable bonds is 8. The number of nitrogens with zero attached hydrogens (tertiary/aromatic N) is 4. The standard InChI is InChI=1S/C28H32N6O2/c1-18(15-29)16-31-27-23-13-20(6-5-19(23)7-10-26(27)36-4)22-14-21(34(2)3)8-9-24(22)33-28(35)25-11-12-30-17-32-25/h5-7,10-13,17,21-22,24,31H,1,8-9,14,16H2,2-4H3,(H,33,35)/t21-,22-,24-/m1/s1. The van der Waals surface area contributed by atoms with Crippen LogP contribution in [0.1, 0.15) is 41.2 Å². The van der Waals surface area contributed by atoms with Gasteiger partial charge in [-0.25, -0.2) is 9.97 Å². The van der Waals surface area contributed by atoms with Gasteiger partial charge < -0.3 is 20.3 Å². The molecule has 1 amide bonds. The maximum atomic E-state index is 13.0. The van der Waals surface area contributed by atoms with Gasteiger partial charge in [0.2, 0.25) is 0 Å². The SMILES string of the molecule is C=C(C#N)CNc1c(OC)ccc2ccc([C@H]3C[C@H](N(C)C)CC[C@H]3NC(=O)c3ccncn3)cc12. The van der Waals surface area contributed by atoms with Gasteiger partial charge in [-0.05, 0) is 62.5 Å². The van der Waals surface area contributed by atoms with Crippen LogP contribution in [0, 0.1) is 11.3 Å². The number of fused-ring (bicyclic) bond motifs is 1. The van der Waals surface area contributed by atoms with Gasteiger partial charge in [-0.2, -0.15) is 5.26 Å². The van der Waals surface area contributed by atoms with Gasteiger partial charge >= 0.3 is 0 Å². The molecule has 1 aliphatic rings. The lowest BCUT2D eigenvalue weighted by Gasteiger charge is -2.39. The van der Waals surface area contributed by atoms with Gasteiger partial charge in [0, 0.05) is 41.7 Å². The Hall–Kier alpha value is -3.96. The molecule has 1 aromatic heterocycles. The van der Waals surface area contributed by atoms with E-state index in [4.69, 9.17) is 10.00 Å². The number of carbonyl (C=O) groups is 1. The van der Waals surface area contributed by atoms with Gasteiger partial charge in [0.15, 0.2) is 0 Å². The Morgan fingerprint density at radius 1 is 1.25 bits per heavy atom. The molecule has 0 unspecified atom stereocenters. The maximum Gasteiger partial charge on any atom is 0.270 e. The van der Waals surface area contributed by atoms with Gasteiger partial charge in [-0.3, -0.25) is 4.79 Å². The number of hydrogen-bond acceptors (Lipinski definition) is 7. The van der Waals surface area contributed by atoms with Crippen LogP contribution < -0.4 is 15.4 Å². The van der Waals surface area contributed by atoms with Crippen molar-refractivity contribution in [3.63, 3.8) is 0 Å². The summed E-state index contributed by atoms with van der Waals surface area (Å²) in [4.78, 5) is 23.3. The van der Waals surface area contributed by atoms with Gasteiger partial charge in [-0.15, -0.1) is 0 Å². The second-order valence-corrected chi connectivity index (χ2v) is 9.40. The van der Waals surface area contributed by atoms with Gasteiger partial charge in [0.1, 0.15) is 17.8 Å². The maximum absolute atomic E-state index is 13.0. The minimum absolute atomic E-state index is 0.0264. The second kappa shape index (κ2) is 11.2. The van der Waals surface area contributed by atoms with E-state index in [1.54, 1.807) is 19.4 Å². The van der Waals surface area contributed by atoms with E-state index in [0.717, 1.165) is 41.3 Å². The van der Waals surface area contributed by atoms with Crippen LogP contribution in [0.25, 0.3) is 10.8 Å². The van der Waals surface area contributed by atoms with Crippen LogP contribution in [0.5, 0.6) is 5.75 Å². The third-order valence-electron chi connectivity index (χ3n) is 6.98. The van der Waals surface area contributed by atoms with Gasteiger partial charge in [-0.1, -0.05) is 24.8 Å². The Labute approximate surface area is 212 Å². The number of aromatic nitrogens is 2. The fourth-order valence-corrected chi connectivity index (χ4v) is 4.96. The van der Waals surface area contributed by atoms with E-state index < -0.39 is 0 Å². The van der Waals surface area contributed by atoms with E-state index in [0.29, 0.717) is 29.6 Å². The summed E-state index contributed by atoms with van der Waals surface area (Å²) in [6, 6.07) is 14.5. The van der Waals surface area contributed by atoms with Crippen molar-refractivity contribution in [1.82, 2.24) is 20.2 Å². The Balaban J connectivity index is 1.71. The molecular formula is C28H32N6O2. The fraction of sp³-hybridized carbons (Fsp3) is 0.357. The summed E-state index contributed by atoms with van der Waals surface area (Å²) in [5, 5.41) is 17.8. The third kappa shape index (κ3) is 5.47.